The summed E-state index contributed by atoms with van der Waals surface area (Å²) in [6.45, 7) is 7.91. The van der Waals surface area contributed by atoms with E-state index in [-0.39, 0.29) is 0 Å². The van der Waals surface area contributed by atoms with Gasteiger partial charge in [-0.05, 0) is 69.6 Å². The highest BCUT2D eigenvalue weighted by Gasteiger charge is 2.18. The zero-order chi connectivity index (χ0) is 35.4. The molecule has 0 aliphatic carbocycles. The lowest BCUT2D eigenvalue weighted by atomic mass is 9.85. The Morgan fingerprint density at radius 1 is 0.558 bits per heavy atom. The van der Waals surface area contributed by atoms with Gasteiger partial charge in [0.2, 0.25) is 0 Å². The zero-order valence-electron chi connectivity index (χ0n) is 29.2. The molecule has 1 aliphatic heterocycles. The van der Waals surface area contributed by atoms with Gasteiger partial charge in [-0.25, -0.2) is 9.98 Å². The van der Waals surface area contributed by atoms with Gasteiger partial charge in [0.25, 0.3) is 0 Å². The number of allylic oxidation sites excluding steroid dienone is 2. The Hall–Kier alpha value is -6.80. The minimum atomic E-state index is 0.654. The molecule has 0 atom stereocenters. The molecule has 8 rings (SSSR count). The predicted molar refractivity (Wildman–Crippen MR) is 218 cm³/mol. The van der Waals surface area contributed by atoms with Crippen molar-refractivity contribution in [1.29, 1.82) is 0 Å². The van der Waals surface area contributed by atoms with Crippen molar-refractivity contribution in [3.05, 3.63) is 210 Å². The zero-order valence-corrected chi connectivity index (χ0v) is 29.2. The maximum Gasteiger partial charge on any atom is 0.161 e. The fourth-order valence-electron chi connectivity index (χ4n) is 6.70. The first kappa shape index (κ1) is 32.4. The minimum Gasteiger partial charge on any atom is -0.462 e. The maximum absolute atomic E-state index is 6.02. The van der Waals surface area contributed by atoms with Crippen molar-refractivity contribution in [2.45, 2.75) is 13.8 Å². The fourth-order valence-corrected chi connectivity index (χ4v) is 6.70. The molecule has 3 nitrogen and oxygen atoms in total. The summed E-state index contributed by atoms with van der Waals surface area (Å²) in [5, 5.41) is 2.38. The summed E-state index contributed by atoms with van der Waals surface area (Å²) in [5.74, 6) is 2.13. The molecule has 1 aliphatic rings. The number of hydrogen-bond donors (Lipinski definition) is 0. The first-order valence-electron chi connectivity index (χ1n) is 17.4. The summed E-state index contributed by atoms with van der Waals surface area (Å²) in [5.41, 5.74) is 15.8. The van der Waals surface area contributed by atoms with Gasteiger partial charge in [0, 0.05) is 22.8 Å². The molecule has 0 N–H and O–H groups in total. The van der Waals surface area contributed by atoms with E-state index in [4.69, 9.17) is 14.7 Å². The molecule has 7 aromatic carbocycles. The molecule has 3 heteroatoms. The second-order valence-corrected chi connectivity index (χ2v) is 12.9. The van der Waals surface area contributed by atoms with Crippen LogP contribution in [0.1, 0.15) is 29.2 Å². The summed E-state index contributed by atoms with van der Waals surface area (Å²) in [7, 11) is 0. The van der Waals surface area contributed by atoms with E-state index in [0.717, 1.165) is 67.2 Å². The van der Waals surface area contributed by atoms with Crippen molar-refractivity contribution in [1.82, 2.24) is 0 Å². The molecule has 0 unspecified atom stereocenters. The number of nitrogens with zero attached hydrogens (tertiary/aromatic N) is 2. The molecule has 248 valence electrons. The molecule has 0 amide bonds. The molecule has 0 fully saturated rings. The first-order chi connectivity index (χ1) is 25.5. The summed E-state index contributed by atoms with van der Waals surface area (Å²) in [6, 6.07) is 57.0. The molecule has 0 radical (unpaired) electrons. The van der Waals surface area contributed by atoms with E-state index in [1.165, 1.54) is 16.3 Å². The van der Waals surface area contributed by atoms with Crippen LogP contribution in [0, 0.1) is 6.92 Å². The highest BCUT2D eigenvalue weighted by Crippen LogP contribution is 2.43. The van der Waals surface area contributed by atoms with Gasteiger partial charge in [-0.3, -0.25) is 0 Å². The average Bonchev–Trinajstić information content (AvgIpc) is 3.43. The van der Waals surface area contributed by atoms with Crippen LogP contribution in [-0.4, -0.2) is 11.5 Å². The summed E-state index contributed by atoms with van der Waals surface area (Å²) in [4.78, 5) is 10.1. The standard InChI is InChI=1S/C49H36N2O/c1-33(2)52-47-32-40(23-22-34(47)3)41-19-12-13-21-44(41)48-42-20-11-10-14-35(42)28-29-43(48)36-24-26-38(27-25-36)46-31-30-45(37-15-6-4-7-16-37)50-49(51-46)39-17-8-5-9-18-39/h4-30,32H,1H2,2-3H3. The Morgan fingerprint density at radius 3 is 1.94 bits per heavy atom. The molecule has 1 heterocycles. The van der Waals surface area contributed by atoms with Gasteiger partial charge >= 0.3 is 0 Å². The fraction of sp³-hybridized carbons (Fsp3) is 0.0408. The molecular formula is C49H36N2O. The quantitative estimate of drug-likeness (QED) is 0.117. The van der Waals surface area contributed by atoms with E-state index in [9.17, 15) is 0 Å². The van der Waals surface area contributed by atoms with Gasteiger partial charge in [0.15, 0.2) is 5.84 Å². The van der Waals surface area contributed by atoms with Gasteiger partial charge < -0.3 is 4.74 Å². The van der Waals surface area contributed by atoms with E-state index >= 15 is 0 Å². The molecular weight excluding hydrogens is 633 g/mol. The highest BCUT2D eigenvalue weighted by molar-refractivity contribution is 6.18. The summed E-state index contributed by atoms with van der Waals surface area (Å²) in [6.07, 6.45) is 1.94. The van der Waals surface area contributed by atoms with Crippen LogP contribution in [0.3, 0.4) is 0 Å². The van der Waals surface area contributed by atoms with Crippen LogP contribution < -0.4 is 4.74 Å². The Morgan fingerprint density at radius 2 is 1.19 bits per heavy atom. The van der Waals surface area contributed by atoms with Crippen LogP contribution >= 0.6 is 0 Å². The van der Waals surface area contributed by atoms with Crippen molar-refractivity contribution >= 4 is 28.0 Å². The lowest BCUT2D eigenvalue weighted by molar-refractivity contribution is 0.427. The topological polar surface area (TPSA) is 34.0 Å². The predicted octanol–water partition coefficient (Wildman–Crippen LogP) is 12.5. The van der Waals surface area contributed by atoms with E-state index in [0.29, 0.717) is 11.6 Å². The average molecular weight is 669 g/mol. The smallest absolute Gasteiger partial charge is 0.161 e. The third-order valence-corrected chi connectivity index (χ3v) is 9.27. The van der Waals surface area contributed by atoms with Crippen LogP contribution in [0.15, 0.2) is 198 Å². The van der Waals surface area contributed by atoms with Gasteiger partial charge in [-0.15, -0.1) is 0 Å². The number of aliphatic imine (C=N–C) groups is 2. The van der Waals surface area contributed by atoms with Gasteiger partial charge in [-0.1, -0.05) is 170 Å². The van der Waals surface area contributed by atoms with E-state index in [1.807, 2.05) is 61.5 Å². The number of fused-ring (bicyclic) bond motifs is 1. The Kier molecular flexibility index (Phi) is 8.85. The third kappa shape index (κ3) is 6.57. The normalized spacial score (nSPS) is 12.5. The van der Waals surface area contributed by atoms with Gasteiger partial charge in [-0.2, -0.15) is 0 Å². The number of amidine groups is 1. The molecule has 0 bridgehead atoms. The number of ether oxygens (including phenoxy) is 1. The van der Waals surface area contributed by atoms with Crippen LogP contribution in [0.25, 0.3) is 49.9 Å². The molecule has 0 spiro atoms. The van der Waals surface area contributed by atoms with Gasteiger partial charge in [0.05, 0.1) is 11.5 Å². The molecule has 0 saturated heterocycles. The summed E-state index contributed by atoms with van der Waals surface area (Å²) < 4.78 is 6.02. The Balaban J connectivity index is 1.24. The molecule has 52 heavy (non-hydrogen) atoms. The molecule has 0 saturated carbocycles. The van der Waals surface area contributed by atoms with Crippen LogP contribution in [0.2, 0.25) is 0 Å². The number of rotatable bonds is 8. The number of hydrogen-bond acceptors (Lipinski definition) is 3. The van der Waals surface area contributed by atoms with Crippen molar-refractivity contribution in [2.24, 2.45) is 9.98 Å². The van der Waals surface area contributed by atoms with Crippen molar-refractivity contribution in [3.8, 4) is 39.1 Å². The first-order valence-corrected chi connectivity index (χ1v) is 17.4. The number of aryl methyl sites for hydroxylation is 1. The minimum absolute atomic E-state index is 0.654. The Labute approximate surface area is 305 Å². The maximum atomic E-state index is 6.02. The van der Waals surface area contributed by atoms with Crippen molar-refractivity contribution < 1.29 is 4.74 Å². The second kappa shape index (κ2) is 14.2. The summed E-state index contributed by atoms with van der Waals surface area (Å²) >= 11 is 0. The van der Waals surface area contributed by atoms with Crippen molar-refractivity contribution in [3.63, 3.8) is 0 Å². The highest BCUT2D eigenvalue weighted by atomic mass is 16.5. The monoisotopic (exact) mass is 668 g/mol. The van der Waals surface area contributed by atoms with E-state index in [2.05, 4.69) is 134 Å². The van der Waals surface area contributed by atoms with Crippen LogP contribution in [-0.2, 0) is 0 Å². The SMILES string of the molecule is C=C(C)Oc1cc(-c2ccccc2-c2c(-c3ccc(C4=C=CC(c5ccccc5)=NC(c5ccccc5)=N4)cc3)ccc3ccccc23)ccc1C. The second-order valence-electron chi connectivity index (χ2n) is 12.9. The van der Waals surface area contributed by atoms with Crippen molar-refractivity contribution in [2.75, 3.05) is 0 Å². The van der Waals surface area contributed by atoms with E-state index in [1.54, 1.807) is 0 Å². The lowest BCUT2D eigenvalue weighted by Gasteiger charge is -2.18. The molecule has 7 aromatic rings. The van der Waals surface area contributed by atoms with E-state index < -0.39 is 0 Å². The van der Waals surface area contributed by atoms with Crippen LogP contribution in [0.4, 0.5) is 0 Å². The third-order valence-electron chi connectivity index (χ3n) is 9.27. The van der Waals surface area contributed by atoms with Crippen LogP contribution in [0.5, 0.6) is 5.75 Å². The van der Waals surface area contributed by atoms with Gasteiger partial charge in [0.1, 0.15) is 11.4 Å². The largest absolute Gasteiger partial charge is 0.462 e. The lowest BCUT2D eigenvalue weighted by Crippen LogP contribution is -2.03. The number of benzene rings is 7. The molecule has 0 aromatic heterocycles. The Bertz CT molecular complexity index is 2590.